The molecule has 3 aromatic carbocycles. The predicted octanol–water partition coefficient (Wildman–Crippen LogP) is 4.91. The Kier molecular flexibility index (Phi) is 7.24. The molecule has 38 heavy (non-hydrogen) atoms. The zero-order chi connectivity index (χ0) is 26.7. The molecule has 5 aromatic rings. The summed E-state index contributed by atoms with van der Waals surface area (Å²) in [4.78, 5) is 9.09. The van der Waals surface area contributed by atoms with Crippen molar-refractivity contribution in [1.82, 2.24) is 19.3 Å². The van der Waals surface area contributed by atoms with Crippen LogP contribution in [0.5, 0.6) is 0 Å². The average Bonchev–Trinajstić information content (AvgIpc) is 3.27. The van der Waals surface area contributed by atoms with Crippen LogP contribution in [0.2, 0.25) is 0 Å². The summed E-state index contributed by atoms with van der Waals surface area (Å²) in [5.41, 5.74) is 11.7. The Morgan fingerprint density at radius 2 is 1.68 bits per heavy atom. The van der Waals surface area contributed by atoms with E-state index in [1.807, 2.05) is 71.3 Å². The third-order valence-corrected chi connectivity index (χ3v) is 7.99. The van der Waals surface area contributed by atoms with Gasteiger partial charge in [0.05, 0.1) is 29.4 Å². The van der Waals surface area contributed by atoms with Crippen molar-refractivity contribution < 1.29 is 13.2 Å². The van der Waals surface area contributed by atoms with Crippen molar-refractivity contribution in [3.8, 4) is 11.1 Å². The number of sulfonamides is 1. The lowest BCUT2D eigenvalue weighted by molar-refractivity contribution is 0.179. The maximum Gasteiger partial charge on any atom is 0.242 e. The third-order valence-electron chi connectivity index (χ3n) is 6.53. The largest absolute Gasteiger partial charge is 0.378 e. The van der Waals surface area contributed by atoms with E-state index in [1.54, 1.807) is 12.3 Å². The smallest absolute Gasteiger partial charge is 0.242 e. The van der Waals surface area contributed by atoms with E-state index in [0.717, 1.165) is 27.7 Å². The van der Waals surface area contributed by atoms with Gasteiger partial charge >= 0.3 is 0 Å². The molecule has 2 aromatic heterocycles. The van der Waals surface area contributed by atoms with Gasteiger partial charge in [0.25, 0.3) is 0 Å². The monoisotopic (exact) mass is 527 g/mol. The molecule has 0 saturated heterocycles. The average molecular weight is 528 g/mol. The van der Waals surface area contributed by atoms with Gasteiger partial charge in [-0.2, -0.15) is 0 Å². The van der Waals surface area contributed by atoms with Crippen LogP contribution in [0.15, 0.2) is 96.0 Å². The fourth-order valence-corrected chi connectivity index (χ4v) is 5.76. The number of aromatic nitrogens is 3. The summed E-state index contributed by atoms with van der Waals surface area (Å²) in [6.45, 7) is 2.31. The number of ether oxygens (including phenoxy) is 1. The Morgan fingerprint density at radius 3 is 2.39 bits per heavy atom. The highest BCUT2D eigenvalue weighted by atomic mass is 32.2. The van der Waals surface area contributed by atoms with Crippen LogP contribution in [0.1, 0.15) is 29.8 Å². The zero-order valence-corrected chi connectivity index (χ0v) is 22.0. The van der Waals surface area contributed by atoms with Gasteiger partial charge in [0.1, 0.15) is 4.90 Å². The molecule has 9 heteroatoms. The van der Waals surface area contributed by atoms with Gasteiger partial charge in [-0.3, -0.25) is 4.98 Å². The summed E-state index contributed by atoms with van der Waals surface area (Å²) in [7, 11) is -2.36. The molecule has 0 aliphatic heterocycles. The van der Waals surface area contributed by atoms with Gasteiger partial charge in [-0.1, -0.05) is 66.7 Å². The maximum atomic E-state index is 13.4. The van der Waals surface area contributed by atoms with Gasteiger partial charge in [-0.25, -0.2) is 18.1 Å². The number of rotatable bonds is 9. The first-order chi connectivity index (χ1) is 18.4. The van der Waals surface area contributed by atoms with E-state index < -0.39 is 10.0 Å². The Bertz CT molecular complexity index is 1670. The summed E-state index contributed by atoms with van der Waals surface area (Å²) >= 11 is 0. The van der Waals surface area contributed by atoms with Gasteiger partial charge in [0, 0.05) is 25.4 Å². The van der Waals surface area contributed by atoms with Crippen molar-refractivity contribution >= 4 is 27.0 Å². The Labute approximate surface area is 222 Å². The van der Waals surface area contributed by atoms with E-state index in [1.165, 1.54) is 7.11 Å². The summed E-state index contributed by atoms with van der Waals surface area (Å²) in [6.07, 6.45) is 1.66. The number of nitrogens with one attached hydrogen (secondary N) is 1. The molecule has 0 radical (unpaired) electrons. The molecule has 0 fully saturated rings. The van der Waals surface area contributed by atoms with Crippen molar-refractivity contribution in [3.63, 3.8) is 0 Å². The third kappa shape index (κ3) is 5.17. The minimum Gasteiger partial charge on any atom is -0.378 e. The van der Waals surface area contributed by atoms with E-state index >= 15 is 0 Å². The zero-order valence-electron chi connectivity index (χ0n) is 21.2. The Morgan fingerprint density at radius 1 is 0.974 bits per heavy atom. The lowest BCUT2D eigenvalue weighted by Gasteiger charge is -2.17. The number of nitrogens with zero attached hydrogens (tertiary/aromatic N) is 3. The molecule has 0 amide bonds. The summed E-state index contributed by atoms with van der Waals surface area (Å²) in [6, 6.07) is 26.8. The summed E-state index contributed by atoms with van der Waals surface area (Å²) < 4.78 is 36.6. The van der Waals surface area contributed by atoms with Gasteiger partial charge in [0.15, 0.2) is 0 Å². The van der Waals surface area contributed by atoms with E-state index in [9.17, 15) is 8.42 Å². The Balaban J connectivity index is 1.54. The van der Waals surface area contributed by atoms with Crippen molar-refractivity contribution in [1.29, 1.82) is 0 Å². The number of fused-ring (bicyclic) bond motifs is 1. The van der Waals surface area contributed by atoms with E-state index in [2.05, 4.69) is 33.7 Å². The first kappa shape index (κ1) is 25.6. The minimum atomic E-state index is -3.87. The fraction of sp³-hybridized carbons (Fsp3) is 0.172. The first-order valence-electron chi connectivity index (χ1n) is 12.2. The number of methoxy groups -OCH3 is 1. The molecule has 8 nitrogen and oxygen atoms in total. The molecule has 0 bridgehead atoms. The lowest BCUT2D eigenvalue weighted by atomic mass is 10.1. The number of nitrogens with two attached hydrogens (primary N) is 1. The van der Waals surface area contributed by atoms with Crippen LogP contribution in [-0.2, 0) is 27.9 Å². The first-order valence-corrected chi connectivity index (χ1v) is 13.7. The minimum absolute atomic E-state index is 0.0446. The molecule has 1 atom stereocenters. The van der Waals surface area contributed by atoms with Crippen LogP contribution in [-0.4, -0.2) is 30.1 Å². The highest BCUT2D eigenvalue weighted by molar-refractivity contribution is 7.89. The van der Waals surface area contributed by atoms with Crippen molar-refractivity contribution in [2.45, 2.75) is 31.0 Å². The number of hydrogen-bond donors (Lipinski definition) is 2. The molecule has 3 N–H and O–H groups in total. The second kappa shape index (κ2) is 10.7. The van der Waals surface area contributed by atoms with Crippen LogP contribution in [0.3, 0.4) is 0 Å². The van der Waals surface area contributed by atoms with E-state index in [4.69, 9.17) is 10.5 Å². The lowest BCUT2D eigenvalue weighted by Crippen LogP contribution is -2.25. The topological polar surface area (TPSA) is 112 Å². The molecular weight excluding hydrogens is 498 g/mol. The SMILES string of the molecule is COCc1ncc(-c2ccc3nc(N)n(C(C)c4ccccc4)c3c2)cc1S(=O)(=O)NCc1ccccc1. The van der Waals surface area contributed by atoms with Crippen LogP contribution >= 0.6 is 0 Å². The number of benzene rings is 3. The highest BCUT2D eigenvalue weighted by Gasteiger charge is 2.22. The second-order valence-electron chi connectivity index (χ2n) is 9.04. The van der Waals surface area contributed by atoms with Gasteiger partial charge in [-0.15, -0.1) is 0 Å². The Hall–Kier alpha value is -4.05. The van der Waals surface area contributed by atoms with Crippen molar-refractivity contribution in [2.75, 3.05) is 12.8 Å². The van der Waals surface area contributed by atoms with Crippen LogP contribution in [0, 0.1) is 0 Å². The molecule has 2 heterocycles. The second-order valence-corrected chi connectivity index (χ2v) is 10.8. The van der Waals surface area contributed by atoms with Crippen molar-refractivity contribution in [3.05, 3.63) is 108 Å². The van der Waals surface area contributed by atoms with Gasteiger partial charge < -0.3 is 15.0 Å². The number of hydrogen-bond acceptors (Lipinski definition) is 6. The molecule has 0 saturated carbocycles. The van der Waals surface area contributed by atoms with Crippen LogP contribution in [0.25, 0.3) is 22.2 Å². The molecule has 0 spiro atoms. The predicted molar refractivity (Wildman–Crippen MR) is 149 cm³/mol. The molecule has 194 valence electrons. The molecule has 0 aliphatic carbocycles. The van der Waals surface area contributed by atoms with E-state index in [0.29, 0.717) is 17.2 Å². The number of anilines is 1. The molecule has 1 unspecified atom stereocenters. The molecule has 5 rings (SSSR count). The normalized spacial score (nSPS) is 12.6. The summed E-state index contributed by atoms with van der Waals surface area (Å²) in [5, 5.41) is 0. The van der Waals surface area contributed by atoms with Crippen LogP contribution in [0.4, 0.5) is 5.95 Å². The highest BCUT2D eigenvalue weighted by Crippen LogP contribution is 2.31. The number of pyridine rings is 1. The summed E-state index contributed by atoms with van der Waals surface area (Å²) in [5.74, 6) is 0.412. The van der Waals surface area contributed by atoms with Crippen LogP contribution < -0.4 is 10.5 Å². The van der Waals surface area contributed by atoms with Gasteiger partial charge in [0.2, 0.25) is 16.0 Å². The standard InChI is InChI=1S/C29H29N5O3S/c1-20(22-11-7-4-8-12-22)34-27-15-23(13-14-25(27)33-29(34)30)24-16-28(26(19-37-2)31-18-24)38(35,36)32-17-21-9-5-3-6-10-21/h3-16,18,20,32H,17,19H2,1-2H3,(H2,30,33). The number of imidazole rings is 1. The van der Waals surface area contributed by atoms with Crippen molar-refractivity contribution in [2.24, 2.45) is 0 Å². The number of nitrogen functional groups attached to an aromatic ring is 1. The fourth-order valence-electron chi connectivity index (χ4n) is 4.54. The van der Waals surface area contributed by atoms with E-state index in [-0.39, 0.29) is 24.1 Å². The molecular formula is C29H29N5O3S. The maximum absolute atomic E-state index is 13.4. The quantitative estimate of drug-likeness (QED) is 0.282. The van der Waals surface area contributed by atoms with Gasteiger partial charge in [-0.05, 0) is 41.8 Å². The molecule has 0 aliphatic rings.